The first kappa shape index (κ1) is 12.0. The number of hydrogen-bond acceptors (Lipinski definition) is 2. The summed E-state index contributed by atoms with van der Waals surface area (Å²) in [5.74, 6) is 2.50. The molecule has 2 nitrogen and oxygen atoms in total. The van der Waals surface area contributed by atoms with E-state index in [0.717, 1.165) is 18.3 Å². The van der Waals surface area contributed by atoms with E-state index in [2.05, 4.69) is 43.4 Å². The van der Waals surface area contributed by atoms with E-state index >= 15 is 0 Å². The smallest absolute Gasteiger partial charge is 0.124 e. The van der Waals surface area contributed by atoms with Crippen LogP contribution in [0.3, 0.4) is 0 Å². The van der Waals surface area contributed by atoms with Crippen LogP contribution in [0, 0.1) is 11.8 Å². The van der Waals surface area contributed by atoms with Gasteiger partial charge in [-0.25, -0.2) is 0 Å². The molecular weight excluding hydrogens is 222 g/mol. The second-order valence-electron chi connectivity index (χ2n) is 6.09. The predicted molar refractivity (Wildman–Crippen MR) is 73.8 cm³/mol. The second-order valence-corrected chi connectivity index (χ2v) is 6.09. The Hall–Kier alpha value is -1.02. The molecule has 18 heavy (non-hydrogen) atoms. The highest BCUT2D eigenvalue weighted by Crippen LogP contribution is 2.37. The van der Waals surface area contributed by atoms with E-state index in [-0.39, 0.29) is 0 Å². The zero-order valence-corrected chi connectivity index (χ0v) is 11.4. The van der Waals surface area contributed by atoms with Gasteiger partial charge in [0.2, 0.25) is 0 Å². The van der Waals surface area contributed by atoms with E-state index in [1.54, 1.807) is 0 Å². The lowest BCUT2D eigenvalue weighted by Gasteiger charge is -2.34. The molecule has 1 aromatic carbocycles. The van der Waals surface area contributed by atoms with Gasteiger partial charge in [0.1, 0.15) is 5.75 Å². The van der Waals surface area contributed by atoms with Crippen LogP contribution in [-0.2, 0) is 0 Å². The zero-order chi connectivity index (χ0) is 12.5. The van der Waals surface area contributed by atoms with E-state index in [1.165, 1.54) is 24.8 Å². The lowest BCUT2D eigenvalue weighted by molar-refractivity contribution is 0.180. The van der Waals surface area contributed by atoms with Crippen LogP contribution in [0.2, 0.25) is 0 Å². The summed E-state index contributed by atoms with van der Waals surface area (Å²) in [6.07, 6.45) is 4.02. The van der Waals surface area contributed by atoms with Crippen LogP contribution in [0.4, 0.5) is 0 Å². The molecule has 1 aliphatic carbocycles. The molecule has 1 N–H and O–H groups in total. The van der Waals surface area contributed by atoms with Gasteiger partial charge in [-0.1, -0.05) is 32.0 Å². The molecule has 1 heterocycles. The molecule has 0 radical (unpaired) electrons. The first-order valence-corrected chi connectivity index (χ1v) is 7.22. The Kier molecular flexibility index (Phi) is 3.29. The monoisotopic (exact) mass is 245 g/mol. The van der Waals surface area contributed by atoms with Crippen LogP contribution in [0.25, 0.3) is 0 Å². The van der Waals surface area contributed by atoms with Gasteiger partial charge in [-0.15, -0.1) is 0 Å². The molecule has 1 aromatic rings. The van der Waals surface area contributed by atoms with E-state index < -0.39 is 0 Å². The maximum atomic E-state index is 5.81. The molecule has 4 unspecified atom stereocenters. The van der Waals surface area contributed by atoms with Crippen LogP contribution >= 0.6 is 0 Å². The summed E-state index contributed by atoms with van der Waals surface area (Å²) in [6, 6.07) is 9.63. The SMILES string of the molecule is CC1CCC(NC2c3ccccc3OCC2C)C1. The summed E-state index contributed by atoms with van der Waals surface area (Å²) in [5.41, 5.74) is 1.34. The van der Waals surface area contributed by atoms with Crippen molar-refractivity contribution in [3.05, 3.63) is 29.8 Å². The minimum Gasteiger partial charge on any atom is -0.493 e. The predicted octanol–water partition coefficient (Wildman–Crippen LogP) is 3.53. The maximum absolute atomic E-state index is 5.81. The third-order valence-electron chi connectivity index (χ3n) is 4.43. The average Bonchev–Trinajstić information content (AvgIpc) is 2.79. The summed E-state index contributed by atoms with van der Waals surface area (Å²) in [7, 11) is 0. The van der Waals surface area contributed by atoms with Crippen molar-refractivity contribution < 1.29 is 4.74 Å². The number of ether oxygens (including phenoxy) is 1. The van der Waals surface area contributed by atoms with Gasteiger partial charge in [0.25, 0.3) is 0 Å². The first-order chi connectivity index (χ1) is 8.74. The van der Waals surface area contributed by atoms with Crippen molar-refractivity contribution >= 4 is 0 Å². The maximum Gasteiger partial charge on any atom is 0.124 e. The van der Waals surface area contributed by atoms with Crippen LogP contribution in [-0.4, -0.2) is 12.6 Å². The van der Waals surface area contributed by atoms with Gasteiger partial charge in [-0.3, -0.25) is 0 Å². The van der Waals surface area contributed by atoms with Crippen LogP contribution < -0.4 is 10.1 Å². The van der Waals surface area contributed by atoms with E-state index in [9.17, 15) is 0 Å². The fourth-order valence-electron chi connectivity index (χ4n) is 3.36. The van der Waals surface area contributed by atoms with E-state index in [1.807, 2.05) is 0 Å². The van der Waals surface area contributed by atoms with E-state index in [0.29, 0.717) is 18.0 Å². The van der Waals surface area contributed by atoms with Crippen molar-refractivity contribution in [2.24, 2.45) is 11.8 Å². The molecule has 1 fully saturated rings. The minimum absolute atomic E-state index is 0.463. The first-order valence-electron chi connectivity index (χ1n) is 7.22. The summed E-state index contributed by atoms with van der Waals surface area (Å²) >= 11 is 0. The van der Waals surface area contributed by atoms with Gasteiger partial charge in [0.05, 0.1) is 6.61 Å². The standard InChI is InChI=1S/C16H23NO/c1-11-7-8-13(9-11)17-16-12(2)10-18-15-6-4-3-5-14(15)16/h3-6,11-13,16-17H,7-10H2,1-2H3. The normalized spacial score (nSPS) is 35.0. The lowest BCUT2D eigenvalue weighted by Crippen LogP contribution is -2.38. The zero-order valence-electron chi connectivity index (χ0n) is 11.4. The van der Waals surface area contributed by atoms with Crippen LogP contribution in [0.15, 0.2) is 24.3 Å². The molecule has 3 rings (SSSR count). The third-order valence-corrected chi connectivity index (χ3v) is 4.43. The molecular formula is C16H23NO. The Morgan fingerprint density at radius 3 is 2.78 bits per heavy atom. The average molecular weight is 245 g/mol. The molecule has 0 aromatic heterocycles. The molecule has 0 bridgehead atoms. The number of hydrogen-bond donors (Lipinski definition) is 1. The van der Waals surface area contributed by atoms with Gasteiger partial charge >= 0.3 is 0 Å². The molecule has 4 atom stereocenters. The second kappa shape index (κ2) is 4.93. The molecule has 0 saturated heterocycles. The van der Waals surface area contributed by atoms with Crippen molar-refractivity contribution in [3.63, 3.8) is 0 Å². The third kappa shape index (κ3) is 2.26. The van der Waals surface area contributed by atoms with Gasteiger partial charge in [-0.2, -0.15) is 0 Å². The molecule has 0 spiro atoms. The number of rotatable bonds is 2. The van der Waals surface area contributed by atoms with Crippen LogP contribution in [0.5, 0.6) is 5.75 Å². The largest absolute Gasteiger partial charge is 0.493 e. The van der Waals surface area contributed by atoms with Crippen molar-refractivity contribution in [2.75, 3.05) is 6.61 Å². The van der Waals surface area contributed by atoms with Gasteiger partial charge in [-0.05, 0) is 31.2 Å². The highest BCUT2D eigenvalue weighted by Gasteiger charge is 2.31. The van der Waals surface area contributed by atoms with Crippen molar-refractivity contribution in [1.29, 1.82) is 0 Å². The Labute approximate surface area is 110 Å². The van der Waals surface area contributed by atoms with Gasteiger partial charge < -0.3 is 10.1 Å². The van der Waals surface area contributed by atoms with Gasteiger partial charge in [0, 0.05) is 23.6 Å². The van der Waals surface area contributed by atoms with Crippen molar-refractivity contribution in [1.82, 2.24) is 5.32 Å². The Balaban J connectivity index is 1.78. The van der Waals surface area contributed by atoms with Crippen molar-refractivity contribution in [2.45, 2.75) is 45.2 Å². The van der Waals surface area contributed by atoms with Crippen LogP contribution in [0.1, 0.15) is 44.7 Å². The Morgan fingerprint density at radius 1 is 1.17 bits per heavy atom. The number of fused-ring (bicyclic) bond motifs is 1. The topological polar surface area (TPSA) is 21.3 Å². The molecule has 1 aliphatic heterocycles. The number of para-hydroxylation sites is 1. The van der Waals surface area contributed by atoms with Crippen molar-refractivity contribution in [3.8, 4) is 5.75 Å². The molecule has 2 aliphatic rings. The lowest BCUT2D eigenvalue weighted by atomic mass is 9.91. The highest BCUT2D eigenvalue weighted by atomic mass is 16.5. The number of nitrogens with one attached hydrogen (secondary N) is 1. The Morgan fingerprint density at radius 2 is 2.00 bits per heavy atom. The molecule has 2 heteroatoms. The quantitative estimate of drug-likeness (QED) is 0.860. The summed E-state index contributed by atoms with van der Waals surface area (Å²) in [5, 5.41) is 3.87. The fourth-order valence-corrected chi connectivity index (χ4v) is 3.36. The fraction of sp³-hybridized carbons (Fsp3) is 0.625. The Bertz CT molecular complexity index is 417. The summed E-state index contributed by atoms with van der Waals surface area (Å²) < 4.78 is 5.81. The molecule has 98 valence electrons. The van der Waals surface area contributed by atoms with Gasteiger partial charge in [0.15, 0.2) is 0 Å². The highest BCUT2D eigenvalue weighted by molar-refractivity contribution is 5.38. The number of benzene rings is 1. The molecule has 1 saturated carbocycles. The minimum atomic E-state index is 0.463. The molecule has 0 amide bonds. The summed E-state index contributed by atoms with van der Waals surface area (Å²) in [6.45, 7) is 5.48. The summed E-state index contributed by atoms with van der Waals surface area (Å²) in [4.78, 5) is 0. The van der Waals surface area contributed by atoms with E-state index in [4.69, 9.17) is 4.74 Å².